The van der Waals surface area contributed by atoms with Crippen LogP contribution in [0.25, 0.3) is 0 Å². The number of nitrogens with one attached hydrogen (secondary N) is 2. The van der Waals surface area contributed by atoms with Crippen LogP contribution in [0.3, 0.4) is 0 Å². The van der Waals surface area contributed by atoms with Crippen LogP contribution in [0.5, 0.6) is 0 Å². The lowest BCUT2D eigenvalue weighted by Crippen LogP contribution is -2.33. The third-order valence-corrected chi connectivity index (χ3v) is 3.42. The highest BCUT2D eigenvalue weighted by Gasteiger charge is 2.08. The molecule has 20 heavy (non-hydrogen) atoms. The fourth-order valence-electron chi connectivity index (χ4n) is 1.70. The first-order valence-electron chi connectivity index (χ1n) is 6.72. The first-order valence-corrected chi connectivity index (χ1v) is 8.11. The van der Waals surface area contributed by atoms with Gasteiger partial charge in [0.15, 0.2) is 0 Å². The molecular weight excluding hydrogens is 272 g/mol. The topological polar surface area (TPSA) is 58.2 Å². The van der Waals surface area contributed by atoms with Gasteiger partial charge >= 0.3 is 0 Å². The van der Waals surface area contributed by atoms with Crippen LogP contribution in [0.4, 0.5) is 5.69 Å². The molecule has 1 atom stereocenters. The molecule has 0 aliphatic rings. The summed E-state index contributed by atoms with van der Waals surface area (Å²) in [6.45, 7) is 4.02. The van der Waals surface area contributed by atoms with Crippen molar-refractivity contribution >= 4 is 29.3 Å². The molecule has 0 saturated carbocycles. The summed E-state index contributed by atoms with van der Waals surface area (Å²) in [7, 11) is 0. The van der Waals surface area contributed by atoms with Gasteiger partial charge in [0, 0.05) is 11.7 Å². The molecule has 4 nitrogen and oxygen atoms in total. The molecule has 0 fully saturated rings. The second-order valence-electron chi connectivity index (χ2n) is 4.74. The van der Waals surface area contributed by atoms with Crippen molar-refractivity contribution in [1.82, 2.24) is 5.32 Å². The van der Waals surface area contributed by atoms with Crippen molar-refractivity contribution in [1.29, 1.82) is 0 Å². The standard InChI is InChI=1S/C15H22N2O2S/c1-4-11(2)16-14(18)9-12-6-5-7-13(8-12)17-15(19)10-20-3/h5-8,11H,4,9-10H2,1-3H3,(H,16,18)(H,17,19). The molecule has 1 aromatic rings. The summed E-state index contributed by atoms with van der Waals surface area (Å²) in [4.78, 5) is 23.3. The van der Waals surface area contributed by atoms with Gasteiger partial charge in [-0.3, -0.25) is 9.59 Å². The molecule has 0 bridgehead atoms. The molecule has 110 valence electrons. The summed E-state index contributed by atoms with van der Waals surface area (Å²) in [6, 6.07) is 7.59. The van der Waals surface area contributed by atoms with Crippen molar-refractivity contribution in [2.24, 2.45) is 0 Å². The fourth-order valence-corrected chi connectivity index (χ4v) is 2.03. The van der Waals surface area contributed by atoms with E-state index < -0.39 is 0 Å². The van der Waals surface area contributed by atoms with E-state index in [0.717, 1.165) is 17.7 Å². The number of rotatable bonds is 7. The van der Waals surface area contributed by atoms with E-state index in [0.29, 0.717) is 12.2 Å². The SMILES string of the molecule is CCC(C)NC(=O)Cc1cccc(NC(=O)CSC)c1. The molecule has 5 heteroatoms. The number of thioether (sulfide) groups is 1. The quantitative estimate of drug-likeness (QED) is 0.812. The zero-order valence-corrected chi connectivity index (χ0v) is 13.0. The van der Waals surface area contributed by atoms with Crippen molar-refractivity contribution in [2.75, 3.05) is 17.3 Å². The third kappa shape index (κ3) is 6.10. The summed E-state index contributed by atoms with van der Waals surface area (Å²) >= 11 is 1.48. The van der Waals surface area contributed by atoms with Crippen molar-refractivity contribution in [2.45, 2.75) is 32.7 Å². The van der Waals surface area contributed by atoms with Crippen LogP contribution in [-0.4, -0.2) is 29.9 Å². The minimum absolute atomic E-state index is 0.00643. The van der Waals surface area contributed by atoms with Crippen molar-refractivity contribution in [3.05, 3.63) is 29.8 Å². The lowest BCUT2D eigenvalue weighted by molar-refractivity contribution is -0.121. The normalized spacial score (nSPS) is 11.8. The first kappa shape index (κ1) is 16.6. The largest absolute Gasteiger partial charge is 0.353 e. The van der Waals surface area contributed by atoms with E-state index in [1.807, 2.05) is 44.4 Å². The van der Waals surface area contributed by atoms with Crippen LogP contribution in [0, 0.1) is 0 Å². The van der Waals surface area contributed by atoms with Gasteiger partial charge in [0.05, 0.1) is 12.2 Å². The minimum Gasteiger partial charge on any atom is -0.353 e. The second-order valence-corrected chi connectivity index (χ2v) is 5.60. The number of hydrogen-bond donors (Lipinski definition) is 2. The van der Waals surface area contributed by atoms with Crippen molar-refractivity contribution in [3.8, 4) is 0 Å². The Morgan fingerprint density at radius 3 is 2.70 bits per heavy atom. The van der Waals surface area contributed by atoms with E-state index in [4.69, 9.17) is 0 Å². The zero-order chi connectivity index (χ0) is 15.0. The van der Waals surface area contributed by atoms with Crippen LogP contribution < -0.4 is 10.6 Å². The van der Waals surface area contributed by atoms with Gasteiger partial charge < -0.3 is 10.6 Å². The highest BCUT2D eigenvalue weighted by molar-refractivity contribution is 7.99. The van der Waals surface area contributed by atoms with E-state index in [2.05, 4.69) is 10.6 Å². The molecular formula is C15H22N2O2S. The average Bonchev–Trinajstić information content (AvgIpc) is 2.38. The summed E-state index contributed by atoms with van der Waals surface area (Å²) in [5.41, 5.74) is 1.63. The van der Waals surface area contributed by atoms with E-state index in [9.17, 15) is 9.59 Å². The van der Waals surface area contributed by atoms with Crippen LogP contribution in [0.2, 0.25) is 0 Å². The van der Waals surface area contributed by atoms with Gasteiger partial charge in [-0.1, -0.05) is 19.1 Å². The highest BCUT2D eigenvalue weighted by Crippen LogP contribution is 2.12. The molecule has 2 N–H and O–H groups in total. The van der Waals surface area contributed by atoms with E-state index in [1.165, 1.54) is 11.8 Å². The maximum atomic E-state index is 11.8. The molecule has 2 amide bonds. The first-order chi connectivity index (χ1) is 9.55. The molecule has 0 aliphatic heterocycles. The molecule has 1 rings (SSSR count). The van der Waals surface area contributed by atoms with E-state index >= 15 is 0 Å². The lowest BCUT2D eigenvalue weighted by atomic mass is 10.1. The minimum atomic E-state index is -0.0290. The van der Waals surface area contributed by atoms with E-state index in [1.54, 1.807) is 0 Å². The Bertz CT molecular complexity index is 463. The molecule has 0 heterocycles. The van der Waals surface area contributed by atoms with Gasteiger partial charge in [0.1, 0.15) is 0 Å². The number of amides is 2. The van der Waals surface area contributed by atoms with Crippen LogP contribution in [0.1, 0.15) is 25.8 Å². The average molecular weight is 294 g/mol. The van der Waals surface area contributed by atoms with E-state index in [-0.39, 0.29) is 17.9 Å². The molecule has 1 aromatic carbocycles. The van der Waals surface area contributed by atoms with Crippen molar-refractivity contribution < 1.29 is 9.59 Å². The number of benzene rings is 1. The Hall–Kier alpha value is -1.49. The Balaban J connectivity index is 2.59. The molecule has 0 spiro atoms. The molecule has 0 saturated heterocycles. The Morgan fingerprint density at radius 1 is 1.30 bits per heavy atom. The monoisotopic (exact) mass is 294 g/mol. The molecule has 0 aromatic heterocycles. The van der Waals surface area contributed by atoms with Crippen LogP contribution in [-0.2, 0) is 16.0 Å². The van der Waals surface area contributed by atoms with Gasteiger partial charge in [-0.15, -0.1) is 0 Å². The van der Waals surface area contributed by atoms with Gasteiger partial charge in [-0.05, 0) is 37.3 Å². The number of hydrogen-bond acceptors (Lipinski definition) is 3. The van der Waals surface area contributed by atoms with Gasteiger partial charge in [0.25, 0.3) is 0 Å². The summed E-state index contributed by atoms with van der Waals surface area (Å²) < 4.78 is 0. The number of carbonyl (C=O) groups is 2. The maximum absolute atomic E-state index is 11.8. The summed E-state index contributed by atoms with van der Waals surface area (Å²) in [5.74, 6) is 0.407. The van der Waals surface area contributed by atoms with Crippen LogP contribution >= 0.6 is 11.8 Å². The van der Waals surface area contributed by atoms with Crippen molar-refractivity contribution in [3.63, 3.8) is 0 Å². The Kier molecular flexibility index (Phi) is 7.15. The number of carbonyl (C=O) groups excluding carboxylic acids is 2. The molecule has 1 unspecified atom stereocenters. The highest BCUT2D eigenvalue weighted by atomic mass is 32.2. The predicted octanol–water partition coefficient (Wildman–Crippen LogP) is 2.45. The Labute approximate surface area is 124 Å². The smallest absolute Gasteiger partial charge is 0.234 e. The molecule has 0 radical (unpaired) electrons. The fraction of sp³-hybridized carbons (Fsp3) is 0.467. The van der Waals surface area contributed by atoms with Gasteiger partial charge in [-0.2, -0.15) is 11.8 Å². The summed E-state index contributed by atoms with van der Waals surface area (Å²) in [6.07, 6.45) is 3.13. The van der Waals surface area contributed by atoms with Gasteiger partial charge in [-0.25, -0.2) is 0 Å². The van der Waals surface area contributed by atoms with Gasteiger partial charge in [0.2, 0.25) is 11.8 Å². The zero-order valence-electron chi connectivity index (χ0n) is 12.2. The molecule has 0 aliphatic carbocycles. The summed E-state index contributed by atoms with van der Waals surface area (Å²) in [5, 5.41) is 5.75. The maximum Gasteiger partial charge on any atom is 0.234 e. The number of anilines is 1. The third-order valence-electron chi connectivity index (χ3n) is 2.87. The predicted molar refractivity (Wildman–Crippen MR) is 85.1 cm³/mol. The Morgan fingerprint density at radius 2 is 2.05 bits per heavy atom. The second kappa shape index (κ2) is 8.64. The lowest BCUT2D eigenvalue weighted by Gasteiger charge is -2.12. The van der Waals surface area contributed by atoms with Crippen LogP contribution in [0.15, 0.2) is 24.3 Å².